The number of nitriles is 1. The lowest BCUT2D eigenvalue weighted by atomic mass is 9.89. The first-order valence-electron chi connectivity index (χ1n) is 8.09. The molecule has 1 fully saturated rings. The number of hydrogen-bond acceptors (Lipinski definition) is 5. The molecule has 1 heterocycles. The van der Waals surface area contributed by atoms with Crippen molar-refractivity contribution in [3.8, 4) is 11.8 Å². The minimum Gasteiger partial charge on any atom is -0.495 e. The Labute approximate surface area is 143 Å². The Morgan fingerprint density at radius 3 is 2.88 bits per heavy atom. The van der Waals surface area contributed by atoms with Crippen LogP contribution in [0.1, 0.15) is 30.4 Å². The fourth-order valence-corrected chi connectivity index (χ4v) is 3.12. The zero-order chi connectivity index (χ0) is 17.7. The molecule has 130 valence electrons. The standard InChI is InChI=1S/C18H25N3O3/c1-20(2)17(22)10-18(23)7-4-8-21(13-18)12-14-5-6-16(24-3)15(9-14)11-19/h5-6,9,23H,4,7-8,10,12-13H2,1-3H3. The first-order chi connectivity index (χ1) is 11.4. The minimum absolute atomic E-state index is 0.0597. The Balaban J connectivity index is 2.05. The predicted octanol–water partition coefficient (Wildman–Crippen LogP) is 1.37. The second kappa shape index (κ2) is 7.65. The molecule has 1 unspecified atom stereocenters. The van der Waals surface area contributed by atoms with Crippen molar-refractivity contribution in [1.29, 1.82) is 5.26 Å². The maximum atomic E-state index is 11.9. The first kappa shape index (κ1) is 18.2. The summed E-state index contributed by atoms with van der Waals surface area (Å²) in [6.07, 6.45) is 1.62. The van der Waals surface area contributed by atoms with Crippen LogP contribution in [-0.2, 0) is 11.3 Å². The van der Waals surface area contributed by atoms with Crippen molar-refractivity contribution in [3.05, 3.63) is 29.3 Å². The summed E-state index contributed by atoms with van der Waals surface area (Å²) < 4.78 is 5.16. The number of carbonyl (C=O) groups is 1. The molecule has 6 nitrogen and oxygen atoms in total. The number of benzene rings is 1. The number of amides is 1. The molecule has 1 N–H and O–H groups in total. The van der Waals surface area contributed by atoms with E-state index in [1.54, 1.807) is 27.3 Å². The molecule has 1 atom stereocenters. The lowest BCUT2D eigenvalue weighted by Crippen LogP contribution is -2.50. The third-order valence-corrected chi connectivity index (χ3v) is 4.40. The van der Waals surface area contributed by atoms with Crippen LogP contribution in [0.5, 0.6) is 5.75 Å². The number of hydrogen-bond donors (Lipinski definition) is 1. The summed E-state index contributed by atoms with van der Waals surface area (Å²) in [5.74, 6) is 0.503. The summed E-state index contributed by atoms with van der Waals surface area (Å²) in [5.41, 5.74) is 0.519. The Morgan fingerprint density at radius 2 is 2.25 bits per heavy atom. The van der Waals surface area contributed by atoms with Crippen LogP contribution in [0, 0.1) is 11.3 Å². The van der Waals surface area contributed by atoms with Crippen molar-refractivity contribution in [3.63, 3.8) is 0 Å². The van der Waals surface area contributed by atoms with E-state index in [4.69, 9.17) is 4.74 Å². The summed E-state index contributed by atoms with van der Waals surface area (Å²) in [6.45, 7) is 1.96. The van der Waals surface area contributed by atoms with Gasteiger partial charge in [-0.3, -0.25) is 9.69 Å². The van der Waals surface area contributed by atoms with Crippen LogP contribution < -0.4 is 4.74 Å². The van der Waals surface area contributed by atoms with Gasteiger partial charge in [-0.15, -0.1) is 0 Å². The Kier molecular flexibility index (Phi) is 5.81. The average molecular weight is 331 g/mol. The van der Waals surface area contributed by atoms with Gasteiger partial charge in [-0.05, 0) is 37.1 Å². The maximum absolute atomic E-state index is 11.9. The van der Waals surface area contributed by atoms with Crippen LogP contribution in [0.25, 0.3) is 0 Å². The molecule has 1 aliphatic rings. The lowest BCUT2D eigenvalue weighted by molar-refractivity contribution is -0.136. The highest BCUT2D eigenvalue weighted by Gasteiger charge is 2.35. The van der Waals surface area contributed by atoms with Gasteiger partial charge in [0, 0.05) is 27.2 Å². The SMILES string of the molecule is COc1ccc(CN2CCCC(O)(CC(=O)N(C)C)C2)cc1C#N. The van der Waals surface area contributed by atoms with E-state index >= 15 is 0 Å². The molecule has 0 spiro atoms. The first-order valence-corrected chi connectivity index (χ1v) is 8.09. The van der Waals surface area contributed by atoms with Gasteiger partial charge < -0.3 is 14.7 Å². The molecule has 1 amide bonds. The molecular weight excluding hydrogens is 306 g/mol. The number of nitrogens with zero attached hydrogens (tertiary/aromatic N) is 3. The number of β-amino-alcohol motifs (C(OH)–C–C–N with tert-alkyl or cyclic N) is 1. The molecular formula is C18H25N3O3. The maximum Gasteiger partial charge on any atom is 0.224 e. The zero-order valence-electron chi connectivity index (χ0n) is 14.6. The molecule has 6 heteroatoms. The van der Waals surface area contributed by atoms with Gasteiger partial charge >= 0.3 is 0 Å². The normalized spacial score (nSPS) is 21.1. The minimum atomic E-state index is -0.982. The van der Waals surface area contributed by atoms with Gasteiger partial charge in [-0.2, -0.15) is 5.26 Å². The van der Waals surface area contributed by atoms with Crippen molar-refractivity contribution in [2.24, 2.45) is 0 Å². The topological polar surface area (TPSA) is 76.8 Å². The molecule has 24 heavy (non-hydrogen) atoms. The Morgan fingerprint density at radius 1 is 1.50 bits per heavy atom. The highest BCUT2D eigenvalue weighted by Crippen LogP contribution is 2.27. The van der Waals surface area contributed by atoms with Gasteiger partial charge in [-0.1, -0.05) is 6.07 Å². The summed E-state index contributed by atoms with van der Waals surface area (Å²) in [5, 5.41) is 19.9. The molecule has 0 aromatic heterocycles. The quantitative estimate of drug-likeness (QED) is 0.882. The fraction of sp³-hybridized carbons (Fsp3) is 0.556. The predicted molar refractivity (Wildman–Crippen MR) is 90.5 cm³/mol. The molecule has 1 aromatic carbocycles. The molecule has 2 rings (SSSR count). The van der Waals surface area contributed by atoms with Crippen LogP contribution >= 0.6 is 0 Å². The number of methoxy groups -OCH3 is 1. The van der Waals surface area contributed by atoms with Gasteiger partial charge in [0.2, 0.25) is 5.91 Å². The third-order valence-electron chi connectivity index (χ3n) is 4.40. The van der Waals surface area contributed by atoms with Gasteiger partial charge in [0.15, 0.2) is 0 Å². The van der Waals surface area contributed by atoms with Gasteiger partial charge in [0.05, 0.1) is 24.7 Å². The lowest BCUT2D eigenvalue weighted by Gasteiger charge is -2.39. The summed E-state index contributed by atoms with van der Waals surface area (Å²) in [6, 6.07) is 7.67. The molecule has 0 bridgehead atoms. The number of rotatable bonds is 5. The number of piperidine rings is 1. The van der Waals surface area contributed by atoms with Crippen LogP contribution in [0.3, 0.4) is 0 Å². The number of ether oxygens (including phenoxy) is 1. The number of aliphatic hydroxyl groups is 1. The Bertz CT molecular complexity index is 639. The van der Waals surface area contributed by atoms with E-state index in [0.29, 0.717) is 30.8 Å². The number of likely N-dealkylation sites (tertiary alicyclic amines) is 1. The zero-order valence-corrected chi connectivity index (χ0v) is 14.6. The second-order valence-electron chi connectivity index (χ2n) is 6.65. The van der Waals surface area contributed by atoms with Crippen LogP contribution in [0.2, 0.25) is 0 Å². The van der Waals surface area contributed by atoms with Crippen molar-refractivity contribution >= 4 is 5.91 Å². The van der Waals surface area contributed by atoms with Gasteiger partial charge in [0.25, 0.3) is 0 Å². The van der Waals surface area contributed by atoms with E-state index < -0.39 is 5.60 Å². The molecule has 1 saturated heterocycles. The summed E-state index contributed by atoms with van der Waals surface area (Å²) in [7, 11) is 4.95. The Hall–Kier alpha value is -2.10. The van der Waals surface area contributed by atoms with Gasteiger partial charge in [0.1, 0.15) is 11.8 Å². The van der Waals surface area contributed by atoms with Crippen LogP contribution in [-0.4, -0.2) is 60.7 Å². The molecule has 0 radical (unpaired) electrons. The van der Waals surface area contributed by atoms with Crippen molar-refractivity contribution < 1.29 is 14.6 Å². The van der Waals surface area contributed by atoms with Crippen molar-refractivity contribution in [2.45, 2.75) is 31.4 Å². The van der Waals surface area contributed by atoms with Crippen molar-refractivity contribution in [1.82, 2.24) is 9.80 Å². The monoisotopic (exact) mass is 331 g/mol. The van der Waals surface area contributed by atoms with Gasteiger partial charge in [-0.25, -0.2) is 0 Å². The number of carbonyl (C=O) groups excluding carboxylic acids is 1. The van der Waals surface area contributed by atoms with E-state index in [9.17, 15) is 15.2 Å². The third kappa shape index (κ3) is 4.47. The van der Waals surface area contributed by atoms with Crippen molar-refractivity contribution in [2.75, 3.05) is 34.3 Å². The molecule has 1 aliphatic heterocycles. The van der Waals surface area contributed by atoms with Crippen LogP contribution in [0.15, 0.2) is 18.2 Å². The second-order valence-corrected chi connectivity index (χ2v) is 6.65. The smallest absolute Gasteiger partial charge is 0.224 e. The average Bonchev–Trinajstić information content (AvgIpc) is 2.54. The summed E-state index contributed by atoms with van der Waals surface area (Å²) >= 11 is 0. The van der Waals surface area contributed by atoms with Crippen LogP contribution in [0.4, 0.5) is 0 Å². The van der Waals surface area contributed by atoms with E-state index in [0.717, 1.165) is 18.5 Å². The largest absolute Gasteiger partial charge is 0.495 e. The van der Waals surface area contributed by atoms with E-state index in [1.807, 2.05) is 12.1 Å². The highest BCUT2D eigenvalue weighted by molar-refractivity contribution is 5.76. The summed E-state index contributed by atoms with van der Waals surface area (Å²) in [4.78, 5) is 15.6. The molecule has 1 aromatic rings. The fourth-order valence-electron chi connectivity index (χ4n) is 3.12. The van der Waals surface area contributed by atoms with E-state index in [1.165, 1.54) is 4.90 Å². The van der Waals surface area contributed by atoms with E-state index in [2.05, 4.69) is 11.0 Å². The molecule has 0 aliphatic carbocycles. The molecule has 0 saturated carbocycles. The highest BCUT2D eigenvalue weighted by atomic mass is 16.5. The van der Waals surface area contributed by atoms with E-state index in [-0.39, 0.29) is 12.3 Å².